The molecule has 3 rings (SSSR count). The minimum Gasteiger partial charge on any atom is -0.461 e. The average molecular weight is 321 g/mol. The molecule has 0 radical (unpaired) electrons. The van der Waals surface area contributed by atoms with E-state index < -0.39 is 5.41 Å². The van der Waals surface area contributed by atoms with Crippen molar-refractivity contribution >= 4 is 5.97 Å². The van der Waals surface area contributed by atoms with Gasteiger partial charge in [0.05, 0.1) is 5.41 Å². The van der Waals surface area contributed by atoms with Crippen LogP contribution >= 0.6 is 0 Å². The zero-order chi connectivity index (χ0) is 17.2. The molecule has 4 atom stereocenters. The van der Waals surface area contributed by atoms with E-state index >= 15 is 0 Å². The molecular formula is C21H36O2. The first-order valence-electron chi connectivity index (χ1n) is 9.69. The lowest BCUT2D eigenvalue weighted by atomic mass is 9.55. The van der Waals surface area contributed by atoms with E-state index in [-0.39, 0.29) is 22.9 Å². The number of ether oxygens (including phenoxy) is 1. The van der Waals surface area contributed by atoms with Gasteiger partial charge in [-0.2, -0.15) is 0 Å². The molecule has 2 heteroatoms. The van der Waals surface area contributed by atoms with E-state index in [1.807, 2.05) is 0 Å². The maximum atomic E-state index is 13.3. The second kappa shape index (κ2) is 5.23. The number of hydrogen-bond donors (Lipinski definition) is 0. The second-order valence-corrected chi connectivity index (χ2v) is 10.7. The molecule has 3 saturated carbocycles. The molecule has 0 aromatic rings. The Morgan fingerprint density at radius 3 is 1.57 bits per heavy atom. The van der Waals surface area contributed by atoms with Crippen LogP contribution in [-0.2, 0) is 9.53 Å². The lowest BCUT2D eigenvalue weighted by molar-refractivity contribution is -0.181. The highest BCUT2D eigenvalue weighted by Crippen LogP contribution is 2.61. The second-order valence-electron chi connectivity index (χ2n) is 10.7. The van der Waals surface area contributed by atoms with Gasteiger partial charge in [-0.15, -0.1) is 0 Å². The van der Waals surface area contributed by atoms with Gasteiger partial charge < -0.3 is 4.74 Å². The summed E-state index contributed by atoms with van der Waals surface area (Å²) < 4.78 is 6.31. The Morgan fingerprint density at radius 1 is 0.739 bits per heavy atom. The first-order chi connectivity index (χ1) is 10.5. The molecule has 0 saturated heterocycles. The molecule has 3 aliphatic rings. The molecule has 0 N–H and O–H groups in total. The van der Waals surface area contributed by atoms with E-state index in [2.05, 4.69) is 48.5 Å². The lowest BCUT2D eigenvalue weighted by Crippen LogP contribution is -2.52. The van der Waals surface area contributed by atoms with Crippen LogP contribution in [0, 0.1) is 39.9 Å². The summed E-state index contributed by atoms with van der Waals surface area (Å²) in [4.78, 5) is 13.3. The van der Waals surface area contributed by atoms with Crippen molar-refractivity contribution < 1.29 is 9.53 Å². The van der Waals surface area contributed by atoms with E-state index in [0.717, 1.165) is 11.8 Å². The summed E-state index contributed by atoms with van der Waals surface area (Å²) in [5, 5.41) is 0. The van der Waals surface area contributed by atoms with Crippen LogP contribution in [0.2, 0.25) is 0 Å². The summed E-state index contributed by atoms with van der Waals surface area (Å²) in [5.41, 5.74) is -0.706. The zero-order valence-electron chi connectivity index (χ0n) is 16.2. The zero-order valence-corrected chi connectivity index (χ0v) is 16.2. The van der Waals surface area contributed by atoms with E-state index in [1.165, 1.54) is 32.1 Å². The standard InChI is InChI=1S/C21H36O2/c1-19(2,3)21(7,20(4,5)6)18(22)23-17-15-11-12-16(17)14-10-8-9-13(14)15/h13-17H,8-12H2,1-7H3. The van der Waals surface area contributed by atoms with Crippen molar-refractivity contribution in [2.45, 2.75) is 86.7 Å². The predicted molar refractivity (Wildman–Crippen MR) is 93.9 cm³/mol. The van der Waals surface area contributed by atoms with Crippen molar-refractivity contribution in [2.24, 2.45) is 39.9 Å². The Balaban J connectivity index is 1.81. The van der Waals surface area contributed by atoms with Crippen molar-refractivity contribution in [3.05, 3.63) is 0 Å². The van der Waals surface area contributed by atoms with Crippen molar-refractivity contribution in [1.82, 2.24) is 0 Å². The largest absolute Gasteiger partial charge is 0.461 e. The summed E-state index contributed by atoms with van der Waals surface area (Å²) in [7, 11) is 0. The molecule has 132 valence electrons. The lowest BCUT2D eigenvalue weighted by Gasteiger charge is -2.49. The smallest absolute Gasteiger partial charge is 0.313 e. The topological polar surface area (TPSA) is 26.3 Å². The molecule has 2 nitrogen and oxygen atoms in total. The third-order valence-electron chi connectivity index (χ3n) is 8.05. The van der Waals surface area contributed by atoms with Crippen molar-refractivity contribution in [2.75, 3.05) is 0 Å². The SMILES string of the molecule is CC(C)(C)C(C)(C(=O)OC1C2CCC1C1CCCC12)C(C)(C)C. The number of hydrogen-bond acceptors (Lipinski definition) is 2. The van der Waals surface area contributed by atoms with Gasteiger partial charge in [0, 0.05) is 0 Å². The molecule has 0 aliphatic heterocycles. The first kappa shape index (κ1) is 17.3. The Hall–Kier alpha value is -0.530. The van der Waals surface area contributed by atoms with Crippen LogP contribution in [0.25, 0.3) is 0 Å². The summed E-state index contributed by atoms with van der Waals surface area (Å²) in [6, 6.07) is 0. The van der Waals surface area contributed by atoms with Gasteiger partial charge >= 0.3 is 5.97 Å². The molecule has 0 aromatic heterocycles. The van der Waals surface area contributed by atoms with Crippen LogP contribution in [0.1, 0.15) is 80.6 Å². The number of carbonyl (C=O) groups excluding carboxylic acids is 1. The van der Waals surface area contributed by atoms with Gasteiger partial charge in [-0.05, 0) is 67.1 Å². The fourth-order valence-corrected chi connectivity index (χ4v) is 6.18. The van der Waals surface area contributed by atoms with Crippen molar-refractivity contribution in [1.29, 1.82) is 0 Å². The molecule has 2 bridgehead atoms. The van der Waals surface area contributed by atoms with Gasteiger partial charge in [0.25, 0.3) is 0 Å². The minimum atomic E-state index is -0.475. The molecule has 3 aliphatic carbocycles. The third-order valence-corrected chi connectivity index (χ3v) is 8.05. The fraction of sp³-hybridized carbons (Fsp3) is 0.952. The van der Waals surface area contributed by atoms with E-state index in [1.54, 1.807) is 0 Å². The molecule has 3 fully saturated rings. The highest BCUT2D eigenvalue weighted by Gasteiger charge is 2.60. The van der Waals surface area contributed by atoms with Crippen LogP contribution in [0.3, 0.4) is 0 Å². The van der Waals surface area contributed by atoms with Gasteiger partial charge in [0.1, 0.15) is 6.10 Å². The third kappa shape index (κ3) is 2.38. The minimum absolute atomic E-state index is 0.0411. The molecule has 0 heterocycles. The summed E-state index contributed by atoms with van der Waals surface area (Å²) in [6.45, 7) is 15.2. The van der Waals surface area contributed by atoms with Gasteiger partial charge in [-0.25, -0.2) is 0 Å². The number of fused-ring (bicyclic) bond motifs is 5. The summed E-state index contributed by atoms with van der Waals surface area (Å²) in [5.74, 6) is 3.05. The highest BCUT2D eigenvalue weighted by atomic mass is 16.5. The summed E-state index contributed by atoms with van der Waals surface area (Å²) in [6.07, 6.45) is 6.91. The van der Waals surface area contributed by atoms with Crippen molar-refractivity contribution in [3.8, 4) is 0 Å². The van der Waals surface area contributed by atoms with Crippen LogP contribution in [0.4, 0.5) is 0 Å². The normalized spacial score (nSPS) is 37.1. The van der Waals surface area contributed by atoms with Crippen LogP contribution < -0.4 is 0 Å². The van der Waals surface area contributed by atoms with E-state index in [9.17, 15) is 4.79 Å². The Morgan fingerprint density at radius 2 is 1.17 bits per heavy atom. The average Bonchev–Trinajstić information content (AvgIpc) is 3.06. The van der Waals surface area contributed by atoms with Crippen molar-refractivity contribution in [3.63, 3.8) is 0 Å². The maximum absolute atomic E-state index is 13.3. The van der Waals surface area contributed by atoms with Crippen LogP contribution in [0.15, 0.2) is 0 Å². The Bertz CT molecular complexity index is 447. The van der Waals surface area contributed by atoms with E-state index in [0.29, 0.717) is 11.8 Å². The number of esters is 1. The molecule has 0 spiro atoms. The van der Waals surface area contributed by atoms with Gasteiger partial charge in [-0.3, -0.25) is 4.79 Å². The maximum Gasteiger partial charge on any atom is 0.313 e. The molecule has 4 unspecified atom stereocenters. The number of carbonyl (C=O) groups is 1. The molecule has 0 amide bonds. The van der Waals surface area contributed by atoms with Crippen LogP contribution in [0.5, 0.6) is 0 Å². The van der Waals surface area contributed by atoms with Crippen LogP contribution in [-0.4, -0.2) is 12.1 Å². The molecule has 0 aromatic carbocycles. The fourth-order valence-electron chi connectivity index (χ4n) is 6.18. The van der Waals surface area contributed by atoms with E-state index in [4.69, 9.17) is 4.74 Å². The first-order valence-corrected chi connectivity index (χ1v) is 9.69. The van der Waals surface area contributed by atoms with Gasteiger partial charge in [-0.1, -0.05) is 48.0 Å². The number of rotatable bonds is 2. The Kier molecular flexibility index (Phi) is 3.93. The molecular weight excluding hydrogens is 284 g/mol. The monoisotopic (exact) mass is 320 g/mol. The highest BCUT2D eigenvalue weighted by molar-refractivity contribution is 5.78. The summed E-state index contributed by atoms with van der Waals surface area (Å²) >= 11 is 0. The van der Waals surface area contributed by atoms with Gasteiger partial charge in [0.15, 0.2) is 0 Å². The quantitative estimate of drug-likeness (QED) is 0.632. The predicted octanol–water partition coefficient (Wildman–Crippen LogP) is 5.45. The Labute approximate surface area is 142 Å². The molecule has 23 heavy (non-hydrogen) atoms. The van der Waals surface area contributed by atoms with Gasteiger partial charge in [0.2, 0.25) is 0 Å².